The molecule has 21 heavy (non-hydrogen) atoms. The standard InChI is InChI=1S/C17H20N2OS/c1-12-6-7-14(10-13(12)2)11-15-16(20)18-17(21-15)19-8-4-3-5-9-19/h6-7,10-11H,3-5,8-9H2,1-2H3/b15-11-. The Bertz CT molecular complexity index is 628. The first kappa shape index (κ1) is 14.4. The molecule has 2 aliphatic rings. The minimum Gasteiger partial charge on any atom is -0.351 e. The van der Waals surface area contributed by atoms with Crippen molar-refractivity contribution in [3.63, 3.8) is 0 Å². The first-order valence-corrected chi connectivity index (χ1v) is 8.30. The van der Waals surface area contributed by atoms with Crippen molar-refractivity contribution in [3.05, 3.63) is 39.8 Å². The van der Waals surface area contributed by atoms with Crippen LogP contribution in [0.25, 0.3) is 6.08 Å². The Morgan fingerprint density at radius 3 is 2.62 bits per heavy atom. The number of thioether (sulfide) groups is 1. The molecule has 1 amide bonds. The number of amides is 1. The molecule has 0 aromatic heterocycles. The number of hydrogen-bond donors (Lipinski definition) is 0. The third-order valence-corrected chi connectivity index (χ3v) is 5.11. The number of carbonyl (C=O) groups excluding carboxylic acids is 1. The van der Waals surface area contributed by atoms with Crippen LogP contribution in [-0.2, 0) is 4.79 Å². The summed E-state index contributed by atoms with van der Waals surface area (Å²) in [6.07, 6.45) is 5.64. The average molecular weight is 300 g/mol. The second-order valence-electron chi connectivity index (χ2n) is 5.70. The monoisotopic (exact) mass is 300 g/mol. The van der Waals surface area contributed by atoms with Crippen LogP contribution in [-0.4, -0.2) is 29.1 Å². The van der Waals surface area contributed by atoms with Gasteiger partial charge in [0.05, 0.1) is 4.91 Å². The van der Waals surface area contributed by atoms with E-state index in [0.29, 0.717) is 0 Å². The van der Waals surface area contributed by atoms with Gasteiger partial charge in [-0.05, 0) is 67.6 Å². The molecule has 1 saturated heterocycles. The summed E-state index contributed by atoms with van der Waals surface area (Å²) >= 11 is 1.52. The van der Waals surface area contributed by atoms with E-state index in [4.69, 9.17) is 0 Å². The Morgan fingerprint density at radius 1 is 1.14 bits per heavy atom. The molecule has 3 nitrogen and oxygen atoms in total. The largest absolute Gasteiger partial charge is 0.351 e. The lowest BCUT2D eigenvalue weighted by Crippen LogP contribution is -2.33. The Hall–Kier alpha value is -1.55. The van der Waals surface area contributed by atoms with Crippen LogP contribution >= 0.6 is 11.8 Å². The summed E-state index contributed by atoms with van der Waals surface area (Å²) in [5.74, 6) is -0.0983. The lowest BCUT2D eigenvalue weighted by atomic mass is 10.1. The van der Waals surface area contributed by atoms with Crippen LogP contribution in [0.15, 0.2) is 28.1 Å². The van der Waals surface area contributed by atoms with Crippen molar-refractivity contribution in [2.75, 3.05) is 13.1 Å². The molecule has 0 unspecified atom stereocenters. The maximum atomic E-state index is 12.1. The van der Waals surface area contributed by atoms with Gasteiger partial charge in [0.2, 0.25) is 0 Å². The van der Waals surface area contributed by atoms with Crippen LogP contribution in [0.2, 0.25) is 0 Å². The molecule has 0 atom stereocenters. The highest BCUT2D eigenvalue weighted by Gasteiger charge is 2.26. The van der Waals surface area contributed by atoms with Crippen LogP contribution in [0, 0.1) is 13.8 Å². The predicted molar refractivity (Wildman–Crippen MR) is 89.4 cm³/mol. The number of benzene rings is 1. The molecule has 0 N–H and O–H groups in total. The summed E-state index contributed by atoms with van der Waals surface area (Å²) in [7, 11) is 0. The topological polar surface area (TPSA) is 32.7 Å². The predicted octanol–water partition coefficient (Wildman–Crippen LogP) is 3.76. The highest BCUT2D eigenvalue weighted by Crippen LogP contribution is 2.31. The Labute approximate surface area is 130 Å². The number of rotatable bonds is 1. The zero-order valence-corrected chi connectivity index (χ0v) is 13.4. The van der Waals surface area contributed by atoms with Gasteiger partial charge in [-0.2, -0.15) is 4.99 Å². The molecule has 2 heterocycles. The molecule has 0 radical (unpaired) electrons. The zero-order valence-electron chi connectivity index (χ0n) is 12.6. The van der Waals surface area contributed by atoms with Crippen LogP contribution in [0.3, 0.4) is 0 Å². The molecule has 1 fully saturated rings. The van der Waals surface area contributed by atoms with Crippen molar-refractivity contribution in [2.45, 2.75) is 33.1 Å². The fourth-order valence-electron chi connectivity index (χ4n) is 2.62. The number of aliphatic imine (C=N–C) groups is 1. The first-order chi connectivity index (χ1) is 10.1. The van der Waals surface area contributed by atoms with Gasteiger partial charge in [-0.1, -0.05) is 18.2 Å². The summed E-state index contributed by atoms with van der Waals surface area (Å²) in [5.41, 5.74) is 3.59. The second-order valence-corrected chi connectivity index (χ2v) is 6.71. The van der Waals surface area contributed by atoms with E-state index in [0.717, 1.165) is 28.7 Å². The van der Waals surface area contributed by atoms with Crippen molar-refractivity contribution in [1.82, 2.24) is 4.90 Å². The van der Waals surface area contributed by atoms with E-state index in [1.54, 1.807) is 0 Å². The van der Waals surface area contributed by atoms with Gasteiger partial charge in [-0.3, -0.25) is 4.79 Å². The Balaban J connectivity index is 1.77. The van der Waals surface area contributed by atoms with E-state index in [2.05, 4.69) is 41.9 Å². The van der Waals surface area contributed by atoms with Gasteiger partial charge in [0.25, 0.3) is 5.91 Å². The third-order valence-electron chi connectivity index (χ3n) is 4.06. The van der Waals surface area contributed by atoms with Gasteiger partial charge in [0, 0.05) is 13.1 Å². The number of nitrogens with zero attached hydrogens (tertiary/aromatic N) is 2. The van der Waals surface area contributed by atoms with Gasteiger partial charge < -0.3 is 4.90 Å². The van der Waals surface area contributed by atoms with Gasteiger partial charge >= 0.3 is 0 Å². The molecule has 2 aliphatic heterocycles. The minimum atomic E-state index is -0.0983. The van der Waals surface area contributed by atoms with E-state index in [9.17, 15) is 4.79 Å². The van der Waals surface area contributed by atoms with E-state index in [1.807, 2.05) is 6.08 Å². The molecule has 3 rings (SSSR count). The molecule has 0 saturated carbocycles. The summed E-state index contributed by atoms with van der Waals surface area (Å²) < 4.78 is 0. The molecule has 0 bridgehead atoms. The number of piperidine rings is 1. The number of amidine groups is 1. The van der Waals surface area contributed by atoms with Gasteiger partial charge in [-0.15, -0.1) is 0 Å². The van der Waals surface area contributed by atoms with Crippen molar-refractivity contribution in [1.29, 1.82) is 0 Å². The maximum absolute atomic E-state index is 12.1. The normalized spacial score (nSPS) is 21.0. The number of carbonyl (C=O) groups is 1. The van der Waals surface area contributed by atoms with E-state index in [1.165, 1.54) is 42.2 Å². The van der Waals surface area contributed by atoms with Crippen molar-refractivity contribution >= 4 is 28.9 Å². The van der Waals surface area contributed by atoms with Crippen LogP contribution in [0.1, 0.15) is 36.0 Å². The molecular weight excluding hydrogens is 280 g/mol. The van der Waals surface area contributed by atoms with Crippen LogP contribution in [0.5, 0.6) is 0 Å². The SMILES string of the molecule is Cc1ccc(/C=C2\SC(N3CCCCC3)=NC2=O)cc1C. The quantitative estimate of drug-likeness (QED) is 0.740. The van der Waals surface area contributed by atoms with E-state index in [-0.39, 0.29) is 5.91 Å². The smallest absolute Gasteiger partial charge is 0.286 e. The Morgan fingerprint density at radius 2 is 1.90 bits per heavy atom. The number of aryl methyl sites for hydroxylation is 2. The average Bonchev–Trinajstić information content (AvgIpc) is 2.85. The lowest BCUT2D eigenvalue weighted by Gasteiger charge is -2.27. The molecular formula is C17H20N2OS. The van der Waals surface area contributed by atoms with Gasteiger partial charge in [-0.25, -0.2) is 0 Å². The van der Waals surface area contributed by atoms with Crippen molar-refractivity contribution in [2.24, 2.45) is 4.99 Å². The molecule has 110 valence electrons. The van der Waals surface area contributed by atoms with Crippen molar-refractivity contribution < 1.29 is 4.79 Å². The summed E-state index contributed by atoms with van der Waals surface area (Å²) in [6, 6.07) is 6.27. The molecule has 4 heteroatoms. The van der Waals surface area contributed by atoms with Crippen molar-refractivity contribution in [3.8, 4) is 0 Å². The second kappa shape index (κ2) is 6.06. The lowest BCUT2D eigenvalue weighted by molar-refractivity contribution is -0.113. The highest BCUT2D eigenvalue weighted by atomic mass is 32.2. The third kappa shape index (κ3) is 3.21. The summed E-state index contributed by atoms with van der Waals surface area (Å²) in [4.78, 5) is 19.3. The fourth-order valence-corrected chi connectivity index (χ4v) is 3.59. The maximum Gasteiger partial charge on any atom is 0.286 e. The van der Waals surface area contributed by atoms with Crippen LogP contribution in [0.4, 0.5) is 0 Å². The molecule has 1 aromatic carbocycles. The number of likely N-dealkylation sites (tertiary alicyclic amines) is 1. The fraction of sp³-hybridized carbons (Fsp3) is 0.412. The molecule has 0 aliphatic carbocycles. The van der Waals surface area contributed by atoms with E-state index >= 15 is 0 Å². The minimum absolute atomic E-state index is 0.0983. The van der Waals surface area contributed by atoms with E-state index < -0.39 is 0 Å². The Kier molecular flexibility index (Phi) is 4.15. The summed E-state index contributed by atoms with van der Waals surface area (Å²) in [5, 5.41) is 0.884. The first-order valence-electron chi connectivity index (χ1n) is 7.48. The molecule has 1 aromatic rings. The molecule has 0 spiro atoms. The number of hydrogen-bond acceptors (Lipinski definition) is 3. The highest BCUT2D eigenvalue weighted by molar-refractivity contribution is 8.18. The zero-order chi connectivity index (χ0) is 14.8. The van der Waals surface area contributed by atoms with Gasteiger partial charge in [0.1, 0.15) is 0 Å². The summed E-state index contributed by atoms with van der Waals surface area (Å²) in [6.45, 7) is 6.24. The van der Waals surface area contributed by atoms with Gasteiger partial charge in [0.15, 0.2) is 5.17 Å². The van der Waals surface area contributed by atoms with Crippen LogP contribution < -0.4 is 0 Å².